The van der Waals surface area contributed by atoms with Crippen LogP contribution in [0.2, 0.25) is 0 Å². The van der Waals surface area contributed by atoms with Crippen molar-refractivity contribution >= 4 is 33.7 Å². The van der Waals surface area contributed by atoms with E-state index in [1.54, 1.807) is 36.8 Å². The third-order valence-electron chi connectivity index (χ3n) is 6.61. The highest BCUT2D eigenvalue weighted by atomic mass is 19.1. The van der Waals surface area contributed by atoms with E-state index in [0.29, 0.717) is 39.5 Å². The van der Waals surface area contributed by atoms with Crippen LogP contribution < -0.4 is 5.32 Å². The summed E-state index contributed by atoms with van der Waals surface area (Å²) in [6.07, 6.45) is 6.88. The van der Waals surface area contributed by atoms with Crippen LogP contribution in [0.4, 0.5) is 10.1 Å². The maximum Gasteiger partial charge on any atom is 0.227 e. The number of H-pyrrole nitrogens is 2. The van der Waals surface area contributed by atoms with E-state index in [9.17, 15) is 9.18 Å². The molecule has 9 heteroatoms. The lowest BCUT2D eigenvalue weighted by Gasteiger charge is -2.06. The molecule has 6 aromatic rings. The van der Waals surface area contributed by atoms with Crippen LogP contribution in [0, 0.1) is 11.7 Å². The lowest BCUT2D eigenvalue weighted by molar-refractivity contribution is -0.117. The summed E-state index contributed by atoms with van der Waals surface area (Å²) in [5.74, 6) is -0.156. The van der Waals surface area contributed by atoms with Gasteiger partial charge in [0.05, 0.1) is 28.8 Å². The first-order valence-corrected chi connectivity index (χ1v) is 12.0. The number of aromatic amines is 2. The normalized spacial score (nSPS) is 13.3. The Morgan fingerprint density at radius 3 is 2.78 bits per heavy atom. The van der Waals surface area contributed by atoms with Crippen molar-refractivity contribution in [1.29, 1.82) is 0 Å². The number of benzene rings is 1. The highest BCUT2D eigenvalue weighted by Crippen LogP contribution is 2.34. The minimum absolute atomic E-state index is 0.0293. The second kappa shape index (κ2) is 8.34. The molecule has 0 unspecified atom stereocenters. The van der Waals surface area contributed by atoms with Gasteiger partial charge >= 0.3 is 0 Å². The third kappa shape index (κ3) is 3.81. The van der Waals surface area contributed by atoms with E-state index in [2.05, 4.69) is 30.5 Å². The van der Waals surface area contributed by atoms with Gasteiger partial charge in [-0.3, -0.25) is 14.9 Å². The summed E-state index contributed by atoms with van der Waals surface area (Å²) in [7, 11) is 0. The Bertz CT molecular complexity index is 1820. The van der Waals surface area contributed by atoms with Crippen molar-refractivity contribution in [2.75, 3.05) is 5.32 Å². The molecule has 0 radical (unpaired) electrons. The number of fused-ring (bicyclic) bond motifs is 2. The molecule has 5 aromatic heterocycles. The van der Waals surface area contributed by atoms with Gasteiger partial charge in [0.1, 0.15) is 22.7 Å². The Hall–Kier alpha value is -4.92. The number of anilines is 1. The molecule has 0 saturated heterocycles. The molecule has 1 amide bonds. The summed E-state index contributed by atoms with van der Waals surface area (Å²) in [6, 6.07) is 16.1. The molecule has 0 spiro atoms. The lowest BCUT2D eigenvalue weighted by atomic mass is 10.0. The van der Waals surface area contributed by atoms with Crippen LogP contribution in [0.25, 0.3) is 55.8 Å². The van der Waals surface area contributed by atoms with Gasteiger partial charge < -0.3 is 10.3 Å². The zero-order chi connectivity index (χ0) is 24.9. The summed E-state index contributed by atoms with van der Waals surface area (Å²) < 4.78 is 14.6. The summed E-state index contributed by atoms with van der Waals surface area (Å²) in [4.78, 5) is 29.1. The smallest absolute Gasteiger partial charge is 0.227 e. The predicted octanol–water partition coefficient (Wildman–Crippen LogP) is 5.72. The van der Waals surface area contributed by atoms with Crippen LogP contribution in [-0.4, -0.2) is 36.0 Å². The third-order valence-corrected chi connectivity index (χ3v) is 6.61. The van der Waals surface area contributed by atoms with Crippen molar-refractivity contribution < 1.29 is 9.18 Å². The Morgan fingerprint density at radius 2 is 1.92 bits per heavy atom. The van der Waals surface area contributed by atoms with Crippen LogP contribution >= 0.6 is 0 Å². The fraction of sp³-hybridized carbons (Fsp3) is 0.107. The van der Waals surface area contributed by atoms with E-state index < -0.39 is 0 Å². The summed E-state index contributed by atoms with van der Waals surface area (Å²) in [6.45, 7) is 0. The maximum absolute atomic E-state index is 14.6. The Labute approximate surface area is 210 Å². The van der Waals surface area contributed by atoms with Gasteiger partial charge in [-0.15, -0.1) is 0 Å². The molecular formula is C28H20FN7O. The molecule has 7 rings (SSSR count). The van der Waals surface area contributed by atoms with Crippen molar-refractivity contribution in [1.82, 2.24) is 30.1 Å². The van der Waals surface area contributed by atoms with E-state index in [1.807, 2.05) is 30.3 Å². The minimum Gasteiger partial charge on any atom is -0.338 e. The molecule has 3 N–H and O–H groups in total. The van der Waals surface area contributed by atoms with Crippen LogP contribution in [0.1, 0.15) is 12.8 Å². The number of carbonyl (C=O) groups excluding carboxylic acids is 1. The zero-order valence-electron chi connectivity index (χ0n) is 19.5. The molecule has 0 bridgehead atoms. The summed E-state index contributed by atoms with van der Waals surface area (Å²) in [5, 5.41) is 11.3. The highest BCUT2D eigenvalue weighted by molar-refractivity contribution is 5.99. The number of halogens is 1. The summed E-state index contributed by atoms with van der Waals surface area (Å²) in [5.41, 5.74) is 6.79. The van der Waals surface area contributed by atoms with E-state index >= 15 is 0 Å². The number of hydrogen-bond donors (Lipinski definition) is 3. The number of carbonyl (C=O) groups is 1. The summed E-state index contributed by atoms with van der Waals surface area (Å²) >= 11 is 0. The van der Waals surface area contributed by atoms with Gasteiger partial charge in [-0.25, -0.2) is 14.4 Å². The average Bonchev–Trinajstić information content (AvgIpc) is 3.55. The number of aromatic nitrogens is 6. The molecule has 0 aliphatic heterocycles. The second-order valence-electron chi connectivity index (χ2n) is 9.17. The fourth-order valence-corrected chi connectivity index (χ4v) is 4.55. The molecule has 1 fully saturated rings. The molecule has 1 aliphatic carbocycles. The largest absolute Gasteiger partial charge is 0.338 e. The Kier molecular flexibility index (Phi) is 4.81. The Balaban J connectivity index is 1.29. The van der Waals surface area contributed by atoms with Crippen molar-refractivity contribution in [2.24, 2.45) is 5.92 Å². The maximum atomic E-state index is 14.6. The molecular weight excluding hydrogens is 469 g/mol. The monoisotopic (exact) mass is 489 g/mol. The van der Waals surface area contributed by atoms with Crippen molar-refractivity contribution in [2.45, 2.75) is 12.8 Å². The quantitative estimate of drug-likeness (QED) is 0.287. The second-order valence-corrected chi connectivity index (χ2v) is 9.17. The molecule has 0 atom stereocenters. The first-order valence-electron chi connectivity index (χ1n) is 12.0. The van der Waals surface area contributed by atoms with Gasteiger partial charge in [-0.1, -0.05) is 18.2 Å². The predicted molar refractivity (Wildman–Crippen MR) is 139 cm³/mol. The molecule has 1 aromatic carbocycles. The number of amides is 1. The van der Waals surface area contributed by atoms with Crippen molar-refractivity contribution in [3.05, 3.63) is 79.0 Å². The van der Waals surface area contributed by atoms with E-state index in [0.717, 1.165) is 34.9 Å². The van der Waals surface area contributed by atoms with Crippen molar-refractivity contribution in [3.8, 4) is 33.8 Å². The molecule has 5 heterocycles. The molecule has 180 valence electrons. The van der Waals surface area contributed by atoms with E-state index in [1.165, 1.54) is 6.07 Å². The highest BCUT2D eigenvalue weighted by Gasteiger charge is 2.29. The van der Waals surface area contributed by atoms with Crippen molar-refractivity contribution in [3.63, 3.8) is 0 Å². The number of rotatable bonds is 5. The standard InChI is InChI=1S/C28H20FN7O/c29-21-4-2-1-3-19(21)18-9-10-31-27-20(18)12-24(34-27)26-25-23(35-36-26)8-7-22(33-25)16-11-17(14-30-13-16)32-28(37)15-5-6-15/h1-4,7-15H,5-6H2,(H,31,34)(H,32,37)(H,35,36). The Morgan fingerprint density at radius 1 is 1.03 bits per heavy atom. The average molecular weight is 490 g/mol. The van der Waals surface area contributed by atoms with Crippen LogP contribution in [-0.2, 0) is 4.79 Å². The number of nitrogens with one attached hydrogen (secondary N) is 3. The minimum atomic E-state index is -0.293. The fourth-order valence-electron chi connectivity index (χ4n) is 4.55. The van der Waals surface area contributed by atoms with E-state index in [4.69, 9.17) is 4.98 Å². The molecule has 8 nitrogen and oxygen atoms in total. The first kappa shape index (κ1) is 21.4. The van der Waals surface area contributed by atoms with E-state index in [-0.39, 0.29) is 17.6 Å². The van der Waals surface area contributed by atoms with Gasteiger partial charge in [0.2, 0.25) is 5.91 Å². The lowest BCUT2D eigenvalue weighted by Crippen LogP contribution is -2.13. The number of hydrogen-bond acceptors (Lipinski definition) is 5. The molecule has 1 aliphatic rings. The van der Waals surface area contributed by atoms with Crippen LogP contribution in [0.3, 0.4) is 0 Å². The number of nitrogens with zero attached hydrogens (tertiary/aromatic N) is 4. The molecule has 37 heavy (non-hydrogen) atoms. The number of pyridine rings is 3. The first-order chi connectivity index (χ1) is 18.1. The molecule has 1 saturated carbocycles. The SMILES string of the molecule is O=C(Nc1cncc(-c2ccc3[nH]nc(-c4cc5c(-c6ccccc6F)ccnc5[nH]4)c3n2)c1)C1CC1. The van der Waals surface area contributed by atoms with Gasteiger partial charge in [0, 0.05) is 34.8 Å². The van der Waals surface area contributed by atoms with Crippen LogP contribution in [0.15, 0.2) is 73.2 Å². The van der Waals surface area contributed by atoms with Gasteiger partial charge in [-0.05, 0) is 54.8 Å². The van der Waals surface area contributed by atoms with Gasteiger partial charge in [0.15, 0.2) is 0 Å². The van der Waals surface area contributed by atoms with Gasteiger partial charge in [-0.2, -0.15) is 5.10 Å². The van der Waals surface area contributed by atoms with Crippen LogP contribution in [0.5, 0.6) is 0 Å². The van der Waals surface area contributed by atoms with Gasteiger partial charge in [0.25, 0.3) is 0 Å². The topological polar surface area (TPSA) is 112 Å². The zero-order valence-corrected chi connectivity index (χ0v) is 19.5.